The lowest BCUT2D eigenvalue weighted by Gasteiger charge is -2.54. The number of piperidine rings is 1. The summed E-state index contributed by atoms with van der Waals surface area (Å²) in [5, 5.41) is 3.31. The van der Waals surface area contributed by atoms with Crippen molar-refractivity contribution in [1.29, 1.82) is 0 Å². The highest BCUT2D eigenvalue weighted by Crippen LogP contribution is 2.42. The van der Waals surface area contributed by atoms with Crippen LogP contribution in [0.2, 0.25) is 0 Å². The number of rotatable bonds is 5. The van der Waals surface area contributed by atoms with Crippen LogP contribution >= 0.6 is 0 Å². The molecular formula is C23H27N7O. The topological polar surface area (TPSA) is 79.3 Å². The third kappa shape index (κ3) is 4.16. The average molecular weight is 418 g/mol. The van der Waals surface area contributed by atoms with Gasteiger partial charge in [-0.2, -0.15) is 0 Å². The van der Waals surface area contributed by atoms with E-state index in [9.17, 15) is 0 Å². The Balaban J connectivity index is 1.43. The van der Waals surface area contributed by atoms with Crippen LogP contribution in [0.3, 0.4) is 0 Å². The number of methoxy groups -OCH3 is 1. The quantitative estimate of drug-likeness (QED) is 0.678. The Morgan fingerprint density at radius 2 is 1.87 bits per heavy atom. The predicted molar refractivity (Wildman–Crippen MR) is 121 cm³/mol. The highest BCUT2D eigenvalue weighted by molar-refractivity contribution is 5.65. The molecule has 0 unspecified atom stereocenters. The largest absolute Gasteiger partial charge is 0.497 e. The first-order valence-corrected chi connectivity index (χ1v) is 10.6. The van der Waals surface area contributed by atoms with E-state index in [0.717, 1.165) is 30.2 Å². The second-order valence-electron chi connectivity index (χ2n) is 8.54. The van der Waals surface area contributed by atoms with Crippen LogP contribution in [-0.4, -0.2) is 65.2 Å². The van der Waals surface area contributed by atoms with Gasteiger partial charge in [0.25, 0.3) is 0 Å². The van der Waals surface area contributed by atoms with Gasteiger partial charge in [-0.05, 0) is 51.2 Å². The number of anilines is 3. The summed E-state index contributed by atoms with van der Waals surface area (Å²) in [6, 6.07) is 9.55. The molecule has 2 aliphatic heterocycles. The molecule has 1 N–H and O–H groups in total. The van der Waals surface area contributed by atoms with Gasteiger partial charge in [0.15, 0.2) is 5.82 Å². The number of hydrogen-bond donors (Lipinski definition) is 1. The van der Waals surface area contributed by atoms with Crippen molar-refractivity contribution >= 4 is 17.5 Å². The zero-order valence-corrected chi connectivity index (χ0v) is 18.0. The lowest BCUT2D eigenvalue weighted by Crippen LogP contribution is -2.60. The monoisotopic (exact) mass is 417 g/mol. The van der Waals surface area contributed by atoms with E-state index in [2.05, 4.69) is 32.1 Å². The molecule has 5 rings (SSSR count). The van der Waals surface area contributed by atoms with Crippen LogP contribution in [0.5, 0.6) is 5.75 Å². The highest BCUT2D eigenvalue weighted by atomic mass is 16.5. The fourth-order valence-electron chi connectivity index (χ4n) is 4.36. The number of aromatic nitrogens is 4. The molecule has 8 heteroatoms. The van der Waals surface area contributed by atoms with Crippen molar-refractivity contribution in [1.82, 2.24) is 24.8 Å². The third-order valence-corrected chi connectivity index (χ3v) is 6.28. The maximum absolute atomic E-state index is 5.31. The molecule has 2 aliphatic rings. The summed E-state index contributed by atoms with van der Waals surface area (Å²) in [4.78, 5) is 23.0. The summed E-state index contributed by atoms with van der Waals surface area (Å²) >= 11 is 0. The van der Waals surface area contributed by atoms with Crippen molar-refractivity contribution < 1.29 is 4.74 Å². The lowest BCUT2D eigenvalue weighted by molar-refractivity contribution is 0.0901. The van der Waals surface area contributed by atoms with E-state index in [1.165, 1.54) is 25.9 Å². The molecule has 2 fully saturated rings. The summed E-state index contributed by atoms with van der Waals surface area (Å²) in [6.45, 7) is 4.43. The fourth-order valence-corrected chi connectivity index (χ4v) is 4.36. The van der Waals surface area contributed by atoms with E-state index >= 15 is 0 Å². The van der Waals surface area contributed by atoms with Crippen LogP contribution in [0, 0.1) is 5.41 Å². The molecule has 0 radical (unpaired) electrons. The molecule has 2 saturated heterocycles. The van der Waals surface area contributed by atoms with Crippen LogP contribution in [-0.2, 0) is 0 Å². The van der Waals surface area contributed by atoms with Crippen molar-refractivity contribution in [3.63, 3.8) is 0 Å². The molecule has 0 bridgehead atoms. The Kier molecular flexibility index (Phi) is 5.15. The Morgan fingerprint density at radius 1 is 1.03 bits per heavy atom. The van der Waals surface area contributed by atoms with Gasteiger partial charge in [0, 0.05) is 54.8 Å². The molecule has 31 heavy (non-hydrogen) atoms. The Morgan fingerprint density at radius 3 is 2.61 bits per heavy atom. The van der Waals surface area contributed by atoms with Crippen molar-refractivity contribution in [2.45, 2.75) is 12.8 Å². The molecule has 0 atom stereocenters. The van der Waals surface area contributed by atoms with E-state index in [0.29, 0.717) is 22.9 Å². The Labute approximate surface area is 182 Å². The average Bonchev–Trinajstić information content (AvgIpc) is 2.79. The number of ether oxygens (including phenoxy) is 1. The molecule has 3 aromatic rings. The zero-order valence-electron chi connectivity index (χ0n) is 18.0. The summed E-state index contributed by atoms with van der Waals surface area (Å²) < 4.78 is 5.31. The normalized spacial score (nSPS) is 17.9. The standard InChI is InChI=1S/C23H27N7O/c1-29-10-6-23(7-11-29)15-30(16-23)21-13-20(26-19-12-18(31-2)5-9-25-19)27-22(28-21)17-4-3-8-24-14-17/h3-5,8-9,12-14H,6-7,10-11,15-16H2,1-2H3,(H,25,26,27,28). The van der Waals surface area contributed by atoms with Crippen molar-refractivity contribution in [2.75, 3.05) is 50.6 Å². The molecule has 3 aromatic heterocycles. The molecule has 8 nitrogen and oxygen atoms in total. The van der Waals surface area contributed by atoms with Gasteiger partial charge in [0.05, 0.1) is 7.11 Å². The third-order valence-electron chi connectivity index (χ3n) is 6.28. The van der Waals surface area contributed by atoms with E-state index in [1.807, 2.05) is 30.3 Å². The SMILES string of the molecule is COc1ccnc(Nc2cc(N3CC4(CCN(C)CC4)C3)nc(-c3cccnc3)n2)c1. The predicted octanol–water partition coefficient (Wildman–Crippen LogP) is 3.22. The molecule has 0 aliphatic carbocycles. The van der Waals surface area contributed by atoms with Crippen LogP contribution in [0.25, 0.3) is 11.4 Å². The van der Waals surface area contributed by atoms with Gasteiger partial charge >= 0.3 is 0 Å². The van der Waals surface area contributed by atoms with Gasteiger partial charge < -0.3 is 19.9 Å². The van der Waals surface area contributed by atoms with E-state index in [4.69, 9.17) is 14.7 Å². The van der Waals surface area contributed by atoms with Crippen LogP contribution < -0.4 is 15.0 Å². The van der Waals surface area contributed by atoms with E-state index in [1.54, 1.807) is 25.7 Å². The number of hydrogen-bond acceptors (Lipinski definition) is 8. The highest BCUT2D eigenvalue weighted by Gasteiger charge is 2.45. The minimum atomic E-state index is 0.424. The van der Waals surface area contributed by atoms with Gasteiger partial charge in [-0.3, -0.25) is 4.98 Å². The molecule has 0 saturated carbocycles. The van der Waals surface area contributed by atoms with Gasteiger partial charge in [-0.25, -0.2) is 15.0 Å². The minimum absolute atomic E-state index is 0.424. The van der Waals surface area contributed by atoms with Gasteiger partial charge in [0.1, 0.15) is 23.2 Å². The Hall–Kier alpha value is -3.26. The zero-order chi connectivity index (χ0) is 21.3. The van der Waals surface area contributed by atoms with Gasteiger partial charge in [0.2, 0.25) is 0 Å². The first-order chi connectivity index (χ1) is 15.1. The number of nitrogens with zero attached hydrogens (tertiary/aromatic N) is 6. The maximum Gasteiger partial charge on any atom is 0.165 e. The summed E-state index contributed by atoms with van der Waals surface area (Å²) in [6.07, 6.45) is 7.76. The maximum atomic E-state index is 5.31. The lowest BCUT2D eigenvalue weighted by atomic mass is 9.72. The summed E-state index contributed by atoms with van der Waals surface area (Å²) in [5.41, 5.74) is 1.31. The van der Waals surface area contributed by atoms with Crippen LogP contribution in [0.15, 0.2) is 48.9 Å². The molecule has 0 aromatic carbocycles. The van der Waals surface area contributed by atoms with Crippen molar-refractivity contribution in [2.24, 2.45) is 5.41 Å². The number of pyridine rings is 2. The van der Waals surface area contributed by atoms with Gasteiger partial charge in [-0.15, -0.1) is 0 Å². The van der Waals surface area contributed by atoms with Crippen LogP contribution in [0.4, 0.5) is 17.5 Å². The molecule has 5 heterocycles. The Bertz CT molecular complexity index is 1040. The molecule has 1 spiro atoms. The smallest absolute Gasteiger partial charge is 0.165 e. The molecular weight excluding hydrogens is 390 g/mol. The van der Waals surface area contributed by atoms with Crippen molar-refractivity contribution in [3.8, 4) is 17.1 Å². The molecule has 160 valence electrons. The number of likely N-dealkylation sites (tertiary alicyclic amines) is 1. The second kappa shape index (κ2) is 8.11. The second-order valence-corrected chi connectivity index (χ2v) is 8.54. The first kappa shape index (κ1) is 19.7. The molecule has 0 amide bonds. The number of nitrogens with one attached hydrogen (secondary N) is 1. The first-order valence-electron chi connectivity index (χ1n) is 10.6. The van der Waals surface area contributed by atoms with Gasteiger partial charge in [-0.1, -0.05) is 0 Å². The van der Waals surface area contributed by atoms with E-state index in [-0.39, 0.29) is 0 Å². The fraction of sp³-hybridized carbons (Fsp3) is 0.391. The summed E-state index contributed by atoms with van der Waals surface area (Å²) in [7, 11) is 3.85. The van der Waals surface area contributed by atoms with Crippen LogP contribution in [0.1, 0.15) is 12.8 Å². The minimum Gasteiger partial charge on any atom is -0.497 e. The summed E-state index contributed by atoms with van der Waals surface area (Å²) in [5.74, 6) is 3.71. The van der Waals surface area contributed by atoms with Crippen molar-refractivity contribution in [3.05, 3.63) is 48.9 Å². The van der Waals surface area contributed by atoms with E-state index < -0.39 is 0 Å².